The van der Waals surface area contributed by atoms with Crippen molar-refractivity contribution in [2.75, 3.05) is 0 Å². The van der Waals surface area contributed by atoms with Gasteiger partial charge in [0, 0.05) is 27.3 Å². The summed E-state index contributed by atoms with van der Waals surface area (Å²) in [6.45, 7) is 4.69. The Labute approximate surface area is 372 Å². The van der Waals surface area contributed by atoms with Crippen molar-refractivity contribution >= 4 is 21.8 Å². The van der Waals surface area contributed by atoms with Crippen LogP contribution >= 0.6 is 0 Å². The van der Waals surface area contributed by atoms with Crippen LogP contribution in [0.5, 0.6) is 0 Å². The first-order chi connectivity index (χ1) is 31.5. The molecule has 4 nitrogen and oxygen atoms in total. The molecule has 2 aromatic heterocycles. The molecule has 2 heterocycles. The molecular weight excluding hydrogens is 777 g/mol. The first-order valence-electron chi connectivity index (χ1n) is 21.9. The fourth-order valence-corrected chi connectivity index (χ4v) is 9.94. The number of para-hydroxylation sites is 1. The Morgan fingerprint density at radius 1 is 0.344 bits per heavy atom. The van der Waals surface area contributed by atoms with Gasteiger partial charge in [0.2, 0.25) is 5.95 Å². The van der Waals surface area contributed by atoms with Gasteiger partial charge in [-0.25, -0.2) is 4.98 Å². The van der Waals surface area contributed by atoms with Gasteiger partial charge in [-0.2, -0.15) is 9.97 Å². The summed E-state index contributed by atoms with van der Waals surface area (Å²) in [5.74, 6) is 1.81. The smallest absolute Gasteiger partial charge is 0.238 e. The van der Waals surface area contributed by atoms with E-state index in [4.69, 9.17) is 15.0 Å². The molecule has 0 N–H and O–H groups in total. The minimum atomic E-state index is -0.258. The van der Waals surface area contributed by atoms with Crippen LogP contribution in [0, 0.1) is 0 Å². The van der Waals surface area contributed by atoms with Crippen LogP contribution in [0.3, 0.4) is 0 Å². The van der Waals surface area contributed by atoms with Crippen molar-refractivity contribution in [3.8, 4) is 84.4 Å². The van der Waals surface area contributed by atoms with Crippen molar-refractivity contribution in [1.29, 1.82) is 0 Å². The SMILES string of the molecule is CC1(C)c2ccccc2-c2ccc3c4ccccc4n(-c4nc(-c5cccc(-c6ccccc6)c5)nc(-c5cccc(-c6cccc(-c7cccc(-c8ccccc8)c7)c6)c5)n4)c3c21. The third-order valence-electron chi connectivity index (χ3n) is 13.0. The average molecular weight is 819 g/mol. The second-order valence-electron chi connectivity index (χ2n) is 17.2. The molecule has 0 radical (unpaired) electrons. The molecule has 1 aliphatic carbocycles. The van der Waals surface area contributed by atoms with Crippen LogP contribution in [0.2, 0.25) is 0 Å². The van der Waals surface area contributed by atoms with Gasteiger partial charge in [0.15, 0.2) is 11.6 Å². The molecule has 0 saturated carbocycles. The largest absolute Gasteiger partial charge is 0.277 e. The lowest BCUT2D eigenvalue weighted by Gasteiger charge is -2.23. The maximum absolute atomic E-state index is 5.45. The highest BCUT2D eigenvalue weighted by molar-refractivity contribution is 6.13. The quantitative estimate of drug-likeness (QED) is 0.161. The van der Waals surface area contributed by atoms with E-state index >= 15 is 0 Å². The number of hydrogen-bond donors (Lipinski definition) is 0. The molecule has 0 bridgehead atoms. The zero-order valence-electron chi connectivity index (χ0n) is 35.6. The van der Waals surface area contributed by atoms with Crippen molar-refractivity contribution in [2.45, 2.75) is 19.3 Å². The second kappa shape index (κ2) is 15.0. The summed E-state index contributed by atoms with van der Waals surface area (Å²) < 4.78 is 2.30. The molecule has 1 aliphatic rings. The molecule has 0 saturated heterocycles. The topological polar surface area (TPSA) is 43.6 Å². The Bertz CT molecular complexity index is 3580. The lowest BCUT2D eigenvalue weighted by atomic mass is 9.81. The summed E-state index contributed by atoms with van der Waals surface area (Å²) in [7, 11) is 0. The first-order valence-corrected chi connectivity index (χ1v) is 21.9. The molecule has 4 heteroatoms. The Kier molecular flexibility index (Phi) is 8.80. The predicted octanol–water partition coefficient (Wildman–Crippen LogP) is 15.3. The number of benzene rings is 9. The summed E-state index contributed by atoms with van der Waals surface area (Å²) in [4.78, 5) is 16.2. The molecule has 0 aliphatic heterocycles. The minimum Gasteiger partial charge on any atom is -0.277 e. The molecule has 0 fully saturated rings. The van der Waals surface area contributed by atoms with Gasteiger partial charge < -0.3 is 0 Å². The molecule has 0 amide bonds. The Balaban J connectivity index is 1.05. The molecule has 0 spiro atoms. The predicted molar refractivity (Wildman–Crippen MR) is 264 cm³/mol. The molecule has 9 aromatic carbocycles. The molecule has 302 valence electrons. The lowest BCUT2D eigenvalue weighted by molar-refractivity contribution is 0.663. The van der Waals surface area contributed by atoms with Crippen molar-refractivity contribution in [2.24, 2.45) is 0 Å². The van der Waals surface area contributed by atoms with E-state index in [1.165, 1.54) is 44.3 Å². The van der Waals surface area contributed by atoms with Gasteiger partial charge in [-0.15, -0.1) is 0 Å². The van der Waals surface area contributed by atoms with Gasteiger partial charge in [0.1, 0.15) is 0 Å². The number of fused-ring (bicyclic) bond motifs is 7. The third-order valence-corrected chi connectivity index (χ3v) is 13.0. The van der Waals surface area contributed by atoms with Crippen LogP contribution < -0.4 is 0 Å². The van der Waals surface area contributed by atoms with E-state index in [1.54, 1.807) is 0 Å². The normalized spacial score (nSPS) is 12.7. The summed E-state index contributed by atoms with van der Waals surface area (Å²) in [6.07, 6.45) is 0. The highest BCUT2D eigenvalue weighted by Gasteiger charge is 2.38. The van der Waals surface area contributed by atoms with E-state index in [9.17, 15) is 0 Å². The molecule has 11 aromatic rings. The van der Waals surface area contributed by atoms with Gasteiger partial charge in [-0.1, -0.05) is 202 Å². The fraction of sp³-hybridized carbons (Fsp3) is 0.0500. The highest BCUT2D eigenvalue weighted by atomic mass is 15.2. The van der Waals surface area contributed by atoms with Crippen LogP contribution in [-0.4, -0.2) is 19.5 Å². The standard InChI is InChI=1S/C60H42N4/c1-60(2)53-31-11-9-29-49(53)51-33-34-52-50-30-10-12-32-54(50)64(56(52)55(51)60)59-62-57(47-27-15-22-42(37-47)40-19-7-4-8-20-40)61-58(63-59)48-28-16-26-46(38-48)45-25-14-24-44(36-45)43-23-13-21-41(35-43)39-17-5-3-6-18-39/h3-38H,1-2H3. The van der Waals surface area contributed by atoms with Crippen molar-refractivity contribution in [1.82, 2.24) is 19.5 Å². The zero-order valence-corrected chi connectivity index (χ0v) is 35.6. The van der Waals surface area contributed by atoms with Gasteiger partial charge in [-0.05, 0) is 97.1 Å². The van der Waals surface area contributed by atoms with E-state index < -0.39 is 0 Å². The van der Waals surface area contributed by atoms with E-state index in [1.807, 2.05) is 6.07 Å². The summed E-state index contributed by atoms with van der Waals surface area (Å²) >= 11 is 0. The monoisotopic (exact) mass is 818 g/mol. The number of hydrogen-bond acceptors (Lipinski definition) is 3. The van der Waals surface area contributed by atoms with Crippen LogP contribution in [0.25, 0.3) is 106 Å². The van der Waals surface area contributed by atoms with Crippen LogP contribution in [-0.2, 0) is 5.41 Å². The fourth-order valence-electron chi connectivity index (χ4n) is 9.94. The van der Waals surface area contributed by atoms with Crippen molar-refractivity contribution < 1.29 is 0 Å². The van der Waals surface area contributed by atoms with E-state index in [-0.39, 0.29) is 5.41 Å². The van der Waals surface area contributed by atoms with E-state index in [2.05, 4.69) is 231 Å². The highest BCUT2D eigenvalue weighted by Crippen LogP contribution is 2.53. The van der Waals surface area contributed by atoms with Gasteiger partial charge >= 0.3 is 0 Å². The maximum atomic E-state index is 5.45. The van der Waals surface area contributed by atoms with Gasteiger partial charge in [0.05, 0.1) is 11.0 Å². The van der Waals surface area contributed by atoms with Crippen LogP contribution in [0.15, 0.2) is 218 Å². The molecule has 0 unspecified atom stereocenters. The van der Waals surface area contributed by atoms with Crippen molar-refractivity contribution in [3.63, 3.8) is 0 Å². The summed E-state index contributed by atoms with van der Waals surface area (Å²) in [5.41, 5.74) is 18.1. The zero-order chi connectivity index (χ0) is 42.8. The van der Waals surface area contributed by atoms with Gasteiger partial charge in [0.25, 0.3) is 0 Å². The van der Waals surface area contributed by atoms with E-state index in [0.717, 1.165) is 55.4 Å². The molecule has 12 rings (SSSR count). The Hall–Kier alpha value is -8.21. The Morgan fingerprint density at radius 2 is 0.781 bits per heavy atom. The molecule has 0 atom stereocenters. The summed E-state index contributed by atoms with van der Waals surface area (Å²) in [5, 5.41) is 2.35. The number of rotatable bonds is 7. The van der Waals surface area contributed by atoms with Crippen LogP contribution in [0.4, 0.5) is 0 Å². The van der Waals surface area contributed by atoms with Gasteiger partial charge in [-0.3, -0.25) is 4.57 Å². The molecular formula is C60H42N4. The number of nitrogens with zero attached hydrogens (tertiary/aromatic N) is 4. The maximum Gasteiger partial charge on any atom is 0.238 e. The second-order valence-corrected chi connectivity index (χ2v) is 17.2. The number of aromatic nitrogens is 4. The third kappa shape index (κ3) is 6.26. The average Bonchev–Trinajstić information content (AvgIpc) is 3.82. The van der Waals surface area contributed by atoms with Crippen LogP contribution in [0.1, 0.15) is 25.0 Å². The first kappa shape index (κ1) is 37.5. The Morgan fingerprint density at radius 3 is 1.34 bits per heavy atom. The van der Waals surface area contributed by atoms with Crippen molar-refractivity contribution in [3.05, 3.63) is 230 Å². The summed E-state index contributed by atoms with van der Waals surface area (Å²) in [6, 6.07) is 77.8. The molecule has 64 heavy (non-hydrogen) atoms. The minimum absolute atomic E-state index is 0.258. The lowest BCUT2D eigenvalue weighted by Crippen LogP contribution is -2.17. The van der Waals surface area contributed by atoms with E-state index in [0.29, 0.717) is 17.6 Å².